The van der Waals surface area contributed by atoms with Gasteiger partial charge in [0.2, 0.25) is 5.91 Å². The number of carbonyl (C=O) groups is 1. The molecule has 0 unspecified atom stereocenters. The molecule has 1 atom stereocenters. The number of anilines is 1. The number of nitrogens with one attached hydrogen (secondary N) is 1. The summed E-state index contributed by atoms with van der Waals surface area (Å²) >= 11 is 0. The Morgan fingerprint density at radius 2 is 2.14 bits per heavy atom. The van der Waals surface area contributed by atoms with Gasteiger partial charge in [-0.05, 0) is 49.6 Å². The lowest BCUT2D eigenvalue weighted by molar-refractivity contribution is -0.120. The summed E-state index contributed by atoms with van der Waals surface area (Å²) in [5.74, 6) is 0.683. The Morgan fingerprint density at radius 1 is 1.32 bits per heavy atom. The van der Waals surface area contributed by atoms with Gasteiger partial charge in [-0.1, -0.05) is 30.3 Å². The number of hydrogen-bond acceptors (Lipinski definition) is 3. The summed E-state index contributed by atoms with van der Waals surface area (Å²) in [6, 6.07) is 14.1. The van der Waals surface area contributed by atoms with Crippen LogP contribution in [0.15, 0.2) is 48.7 Å². The number of pyridine rings is 1. The first kappa shape index (κ1) is 14.7. The van der Waals surface area contributed by atoms with E-state index in [0.717, 1.165) is 31.5 Å². The van der Waals surface area contributed by atoms with Gasteiger partial charge in [0.15, 0.2) is 0 Å². The fraction of sp³-hybridized carbons (Fsp3) is 0.333. The predicted molar refractivity (Wildman–Crippen MR) is 87.5 cm³/mol. The molecule has 4 nitrogen and oxygen atoms in total. The number of aryl methyl sites for hydroxylation is 1. The number of amides is 1. The van der Waals surface area contributed by atoms with E-state index in [1.807, 2.05) is 37.3 Å². The Labute approximate surface area is 131 Å². The molecule has 2 heterocycles. The van der Waals surface area contributed by atoms with E-state index in [2.05, 4.69) is 27.3 Å². The summed E-state index contributed by atoms with van der Waals surface area (Å²) < 4.78 is 0. The highest BCUT2D eigenvalue weighted by Gasteiger charge is 2.30. The smallest absolute Gasteiger partial charge is 0.242 e. The van der Waals surface area contributed by atoms with Crippen LogP contribution in [0.5, 0.6) is 0 Å². The van der Waals surface area contributed by atoms with Crippen molar-refractivity contribution in [1.29, 1.82) is 0 Å². The largest absolute Gasteiger partial charge is 0.309 e. The van der Waals surface area contributed by atoms with Crippen molar-refractivity contribution >= 4 is 11.7 Å². The first-order valence-corrected chi connectivity index (χ1v) is 7.74. The highest BCUT2D eigenvalue weighted by atomic mass is 16.2. The Morgan fingerprint density at radius 3 is 2.91 bits per heavy atom. The molecule has 4 heteroatoms. The van der Waals surface area contributed by atoms with Gasteiger partial charge in [0.25, 0.3) is 0 Å². The second-order valence-electron chi connectivity index (χ2n) is 5.82. The number of rotatable bonds is 4. The van der Waals surface area contributed by atoms with Crippen LogP contribution in [0, 0.1) is 6.92 Å². The van der Waals surface area contributed by atoms with E-state index < -0.39 is 0 Å². The number of likely N-dealkylation sites (tertiary alicyclic amines) is 1. The van der Waals surface area contributed by atoms with Crippen LogP contribution < -0.4 is 5.32 Å². The SMILES string of the molecule is Cc1ccnc(NC(=O)[C@H]2CCCN2Cc2ccccc2)c1. The fourth-order valence-corrected chi connectivity index (χ4v) is 2.94. The van der Waals surface area contributed by atoms with Gasteiger partial charge in [0.05, 0.1) is 6.04 Å². The summed E-state index contributed by atoms with van der Waals surface area (Å²) in [5.41, 5.74) is 2.34. The Bertz CT molecular complexity index is 642. The van der Waals surface area contributed by atoms with Gasteiger partial charge < -0.3 is 5.32 Å². The number of hydrogen-bond donors (Lipinski definition) is 1. The van der Waals surface area contributed by atoms with E-state index in [0.29, 0.717) is 5.82 Å². The lowest BCUT2D eigenvalue weighted by Gasteiger charge is -2.23. The van der Waals surface area contributed by atoms with Crippen molar-refractivity contribution in [3.8, 4) is 0 Å². The summed E-state index contributed by atoms with van der Waals surface area (Å²) in [6.45, 7) is 3.78. The van der Waals surface area contributed by atoms with Gasteiger partial charge in [-0.2, -0.15) is 0 Å². The molecule has 1 aromatic heterocycles. The molecule has 1 amide bonds. The van der Waals surface area contributed by atoms with E-state index in [4.69, 9.17) is 0 Å². The topological polar surface area (TPSA) is 45.2 Å². The molecular weight excluding hydrogens is 274 g/mol. The van der Waals surface area contributed by atoms with E-state index in [1.54, 1.807) is 6.20 Å². The number of carbonyl (C=O) groups excluding carboxylic acids is 1. The molecule has 22 heavy (non-hydrogen) atoms. The Kier molecular flexibility index (Phi) is 4.49. The summed E-state index contributed by atoms with van der Waals surface area (Å²) in [6.07, 6.45) is 3.69. The first-order valence-electron chi connectivity index (χ1n) is 7.74. The molecule has 1 fully saturated rings. The Balaban J connectivity index is 1.66. The van der Waals surface area contributed by atoms with Crippen LogP contribution in [0.3, 0.4) is 0 Å². The first-order chi connectivity index (χ1) is 10.7. The van der Waals surface area contributed by atoms with Crippen molar-refractivity contribution in [3.05, 3.63) is 59.8 Å². The molecule has 1 N–H and O–H groups in total. The molecule has 0 aliphatic carbocycles. The van der Waals surface area contributed by atoms with E-state index in [-0.39, 0.29) is 11.9 Å². The average molecular weight is 295 g/mol. The molecule has 1 aliphatic heterocycles. The van der Waals surface area contributed by atoms with E-state index in [9.17, 15) is 4.79 Å². The second kappa shape index (κ2) is 6.71. The highest BCUT2D eigenvalue weighted by molar-refractivity contribution is 5.94. The van der Waals surface area contributed by atoms with Crippen LogP contribution in [0.1, 0.15) is 24.0 Å². The molecule has 1 aliphatic rings. The van der Waals surface area contributed by atoms with Gasteiger partial charge in [-0.25, -0.2) is 4.98 Å². The van der Waals surface area contributed by atoms with Crippen molar-refractivity contribution < 1.29 is 4.79 Å². The van der Waals surface area contributed by atoms with Gasteiger partial charge in [0.1, 0.15) is 5.82 Å². The molecule has 2 aromatic rings. The van der Waals surface area contributed by atoms with Crippen LogP contribution >= 0.6 is 0 Å². The molecule has 114 valence electrons. The molecular formula is C18H21N3O. The molecule has 0 saturated carbocycles. The molecule has 1 aromatic carbocycles. The minimum atomic E-state index is -0.0671. The Hall–Kier alpha value is -2.20. The maximum atomic E-state index is 12.5. The monoisotopic (exact) mass is 295 g/mol. The molecule has 0 spiro atoms. The standard InChI is InChI=1S/C18H21N3O/c1-14-9-10-19-17(12-14)20-18(22)16-8-5-11-21(16)13-15-6-3-2-4-7-15/h2-4,6-7,9-10,12,16H,5,8,11,13H2,1H3,(H,19,20,22)/t16-/m1/s1. The predicted octanol–water partition coefficient (Wildman–Crippen LogP) is 2.99. The van der Waals surface area contributed by atoms with Crippen LogP contribution in [0.4, 0.5) is 5.82 Å². The average Bonchev–Trinajstić information content (AvgIpc) is 2.96. The quantitative estimate of drug-likeness (QED) is 0.943. The normalized spacial score (nSPS) is 18.3. The van der Waals surface area contributed by atoms with Gasteiger partial charge in [0, 0.05) is 12.7 Å². The van der Waals surface area contributed by atoms with Crippen molar-refractivity contribution in [1.82, 2.24) is 9.88 Å². The molecule has 3 rings (SSSR count). The lowest BCUT2D eigenvalue weighted by atomic mass is 10.1. The number of nitrogens with zero attached hydrogens (tertiary/aromatic N) is 2. The van der Waals surface area contributed by atoms with Crippen molar-refractivity contribution in [2.75, 3.05) is 11.9 Å². The van der Waals surface area contributed by atoms with Crippen molar-refractivity contribution in [2.45, 2.75) is 32.4 Å². The maximum absolute atomic E-state index is 12.5. The molecule has 0 radical (unpaired) electrons. The van der Waals surface area contributed by atoms with Crippen molar-refractivity contribution in [2.24, 2.45) is 0 Å². The molecule has 1 saturated heterocycles. The third kappa shape index (κ3) is 3.52. The van der Waals surface area contributed by atoms with Crippen LogP contribution in [-0.2, 0) is 11.3 Å². The zero-order valence-electron chi connectivity index (χ0n) is 12.8. The number of aromatic nitrogens is 1. The van der Waals surface area contributed by atoms with E-state index >= 15 is 0 Å². The third-order valence-corrected chi connectivity index (χ3v) is 4.06. The fourth-order valence-electron chi connectivity index (χ4n) is 2.94. The van der Waals surface area contributed by atoms with Gasteiger partial charge in [-0.3, -0.25) is 9.69 Å². The summed E-state index contributed by atoms with van der Waals surface area (Å²) in [4.78, 5) is 19.0. The van der Waals surface area contributed by atoms with Gasteiger partial charge in [-0.15, -0.1) is 0 Å². The van der Waals surface area contributed by atoms with Gasteiger partial charge >= 0.3 is 0 Å². The van der Waals surface area contributed by atoms with Crippen LogP contribution in [0.2, 0.25) is 0 Å². The number of benzene rings is 1. The van der Waals surface area contributed by atoms with E-state index in [1.165, 1.54) is 5.56 Å². The lowest BCUT2D eigenvalue weighted by Crippen LogP contribution is -2.39. The highest BCUT2D eigenvalue weighted by Crippen LogP contribution is 2.21. The zero-order chi connectivity index (χ0) is 15.4. The molecule has 0 bridgehead atoms. The minimum Gasteiger partial charge on any atom is -0.309 e. The van der Waals surface area contributed by atoms with Crippen LogP contribution in [-0.4, -0.2) is 28.4 Å². The zero-order valence-corrected chi connectivity index (χ0v) is 12.8. The summed E-state index contributed by atoms with van der Waals surface area (Å²) in [7, 11) is 0. The van der Waals surface area contributed by atoms with Crippen molar-refractivity contribution in [3.63, 3.8) is 0 Å². The minimum absolute atomic E-state index is 0.0477. The summed E-state index contributed by atoms with van der Waals surface area (Å²) in [5, 5.41) is 2.95. The maximum Gasteiger partial charge on any atom is 0.242 e. The third-order valence-electron chi connectivity index (χ3n) is 4.06. The van der Waals surface area contributed by atoms with Crippen LogP contribution in [0.25, 0.3) is 0 Å². The second-order valence-corrected chi connectivity index (χ2v) is 5.82.